The van der Waals surface area contributed by atoms with Crippen molar-refractivity contribution in [3.8, 4) is 11.5 Å². The molecular formula is C29H30N2O5. The normalized spacial score (nSPS) is 17.1. The summed E-state index contributed by atoms with van der Waals surface area (Å²) in [6.07, 6.45) is 3.31. The van der Waals surface area contributed by atoms with Crippen molar-refractivity contribution in [1.29, 1.82) is 0 Å². The molecule has 1 aliphatic heterocycles. The van der Waals surface area contributed by atoms with Crippen LogP contribution in [0.15, 0.2) is 66.5 Å². The molecule has 1 atom stereocenters. The van der Waals surface area contributed by atoms with Crippen molar-refractivity contribution >= 4 is 17.4 Å². The van der Waals surface area contributed by atoms with Crippen LogP contribution in [0.5, 0.6) is 11.5 Å². The van der Waals surface area contributed by atoms with Gasteiger partial charge in [-0.1, -0.05) is 32.0 Å². The molecule has 2 aromatic carbocycles. The van der Waals surface area contributed by atoms with E-state index in [9.17, 15) is 14.7 Å². The van der Waals surface area contributed by atoms with Crippen molar-refractivity contribution in [2.45, 2.75) is 39.3 Å². The largest absolute Gasteiger partial charge is 0.507 e. The Labute approximate surface area is 211 Å². The van der Waals surface area contributed by atoms with Gasteiger partial charge in [-0.3, -0.25) is 14.6 Å². The van der Waals surface area contributed by atoms with Gasteiger partial charge in [-0.25, -0.2) is 0 Å². The van der Waals surface area contributed by atoms with E-state index in [1.54, 1.807) is 56.9 Å². The molecule has 0 bridgehead atoms. The number of aryl methyl sites for hydroxylation is 1. The molecule has 1 saturated heterocycles. The smallest absolute Gasteiger partial charge is 0.295 e. The predicted octanol–water partition coefficient (Wildman–Crippen LogP) is 5.15. The molecule has 7 heteroatoms. The summed E-state index contributed by atoms with van der Waals surface area (Å²) in [5.41, 5.74) is 3.65. The number of aliphatic hydroxyl groups excluding tert-OH is 1. The Balaban J connectivity index is 1.91. The van der Waals surface area contributed by atoms with Gasteiger partial charge in [0.1, 0.15) is 17.3 Å². The van der Waals surface area contributed by atoms with Gasteiger partial charge in [0.2, 0.25) is 0 Å². The van der Waals surface area contributed by atoms with E-state index in [0.717, 1.165) is 16.7 Å². The summed E-state index contributed by atoms with van der Waals surface area (Å²) in [5.74, 6) is -0.115. The molecule has 1 aromatic heterocycles. The number of aliphatic hydroxyl groups is 1. The Kier molecular flexibility index (Phi) is 7.10. The van der Waals surface area contributed by atoms with E-state index in [1.807, 2.05) is 39.0 Å². The van der Waals surface area contributed by atoms with E-state index >= 15 is 0 Å². The average molecular weight is 487 g/mol. The van der Waals surface area contributed by atoms with Crippen LogP contribution >= 0.6 is 0 Å². The van der Waals surface area contributed by atoms with Gasteiger partial charge >= 0.3 is 0 Å². The first-order valence-corrected chi connectivity index (χ1v) is 11.8. The van der Waals surface area contributed by atoms with Gasteiger partial charge in [-0.05, 0) is 65.4 Å². The van der Waals surface area contributed by atoms with Crippen molar-refractivity contribution in [1.82, 2.24) is 9.88 Å². The zero-order chi connectivity index (χ0) is 26.0. The number of ether oxygens (including phenoxy) is 2. The summed E-state index contributed by atoms with van der Waals surface area (Å²) in [5, 5.41) is 11.6. The molecule has 3 aromatic rings. The number of aromatic nitrogens is 1. The minimum absolute atomic E-state index is 0.0528. The van der Waals surface area contributed by atoms with Crippen LogP contribution in [0.3, 0.4) is 0 Å². The third-order valence-corrected chi connectivity index (χ3v) is 6.50. The number of rotatable bonds is 7. The summed E-state index contributed by atoms with van der Waals surface area (Å²) in [7, 11) is 3.18. The Morgan fingerprint density at radius 3 is 2.39 bits per heavy atom. The lowest BCUT2D eigenvalue weighted by Gasteiger charge is -2.26. The van der Waals surface area contributed by atoms with Crippen LogP contribution in [-0.2, 0) is 16.1 Å². The number of benzene rings is 2. The Morgan fingerprint density at radius 2 is 1.81 bits per heavy atom. The number of hydrogen-bond donors (Lipinski definition) is 1. The number of pyridine rings is 1. The molecule has 7 nitrogen and oxygen atoms in total. The summed E-state index contributed by atoms with van der Waals surface area (Å²) < 4.78 is 10.8. The number of methoxy groups -OCH3 is 2. The van der Waals surface area contributed by atoms with E-state index < -0.39 is 17.7 Å². The van der Waals surface area contributed by atoms with Gasteiger partial charge < -0.3 is 19.5 Å². The number of amides is 1. The lowest BCUT2D eigenvalue weighted by atomic mass is 9.91. The number of ketones is 1. The number of hydrogen-bond acceptors (Lipinski definition) is 6. The topological polar surface area (TPSA) is 89.0 Å². The highest BCUT2D eigenvalue weighted by Gasteiger charge is 2.46. The highest BCUT2D eigenvalue weighted by molar-refractivity contribution is 6.46. The van der Waals surface area contributed by atoms with Crippen molar-refractivity contribution < 1.29 is 24.2 Å². The van der Waals surface area contributed by atoms with E-state index in [1.165, 1.54) is 4.90 Å². The summed E-state index contributed by atoms with van der Waals surface area (Å²) in [6.45, 7) is 6.07. The number of Topliss-reactive ketones (excluding diaryl/α,β-unsaturated/α-hetero) is 1. The standard InChI is InChI=1S/C29H30N2O5/c1-17(2)22-14-23(18(3)13-24(22)36-5)27(32)25-26(20-8-10-21(35-4)11-9-20)31(29(34)28(25)33)16-19-7-6-12-30-15-19/h6-15,17,26,32H,16H2,1-5H3/b27-25+. The van der Waals surface area contributed by atoms with Crippen molar-refractivity contribution in [3.05, 3.63) is 94.3 Å². The number of carbonyl (C=O) groups is 2. The fourth-order valence-corrected chi connectivity index (χ4v) is 4.59. The minimum atomic E-state index is -0.778. The monoisotopic (exact) mass is 486 g/mol. The lowest BCUT2D eigenvalue weighted by molar-refractivity contribution is -0.140. The Hall–Kier alpha value is -4.13. The first-order valence-electron chi connectivity index (χ1n) is 11.8. The van der Waals surface area contributed by atoms with Gasteiger partial charge in [-0.2, -0.15) is 0 Å². The number of likely N-dealkylation sites (tertiary alicyclic amines) is 1. The van der Waals surface area contributed by atoms with Crippen LogP contribution in [0.25, 0.3) is 5.76 Å². The summed E-state index contributed by atoms with van der Waals surface area (Å²) in [6, 6.07) is 13.7. The van der Waals surface area contributed by atoms with E-state index in [2.05, 4.69) is 4.98 Å². The van der Waals surface area contributed by atoms with E-state index in [0.29, 0.717) is 22.6 Å². The second-order valence-corrected chi connectivity index (χ2v) is 9.13. The van der Waals surface area contributed by atoms with E-state index in [-0.39, 0.29) is 23.8 Å². The molecule has 1 unspecified atom stereocenters. The molecule has 0 spiro atoms. The Bertz CT molecular complexity index is 1310. The van der Waals surface area contributed by atoms with Crippen LogP contribution in [0, 0.1) is 6.92 Å². The van der Waals surface area contributed by atoms with Gasteiger partial charge in [-0.15, -0.1) is 0 Å². The second kappa shape index (κ2) is 10.2. The van der Waals surface area contributed by atoms with Gasteiger partial charge in [0.25, 0.3) is 11.7 Å². The quantitative estimate of drug-likeness (QED) is 0.282. The van der Waals surface area contributed by atoms with Crippen LogP contribution in [0.4, 0.5) is 0 Å². The zero-order valence-corrected chi connectivity index (χ0v) is 21.1. The number of nitrogens with zero attached hydrogens (tertiary/aromatic N) is 2. The lowest BCUT2D eigenvalue weighted by Crippen LogP contribution is -2.29. The molecule has 36 heavy (non-hydrogen) atoms. The van der Waals surface area contributed by atoms with E-state index in [4.69, 9.17) is 9.47 Å². The van der Waals surface area contributed by atoms with Gasteiger partial charge in [0.05, 0.1) is 25.8 Å². The zero-order valence-electron chi connectivity index (χ0n) is 21.1. The number of carbonyl (C=O) groups excluding carboxylic acids is 2. The maximum absolute atomic E-state index is 13.4. The average Bonchev–Trinajstić information content (AvgIpc) is 3.13. The van der Waals surface area contributed by atoms with Crippen molar-refractivity contribution in [3.63, 3.8) is 0 Å². The second-order valence-electron chi connectivity index (χ2n) is 9.13. The molecular weight excluding hydrogens is 456 g/mol. The summed E-state index contributed by atoms with van der Waals surface area (Å²) in [4.78, 5) is 32.3. The molecule has 186 valence electrons. The fourth-order valence-electron chi connectivity index (χ4n) is 4.59. The van der Waals surface area contributed by atoms with Crippen LogP contribution < -0.4 is 9.47 Å². The van der Waals surface area contributed by atoms with Crippen LogP contribution in [-0.4, -0.2) is 40.9 Å². The molecule has 1 amide bonds. The minimum Gasteiger partial charge on any atom is -0.507 e. The third-order valence-electron chi connectivity index (χ3n) is 6.50. The summed E-state index contributed by atoms with van der Waals surface area (Å²) >= 11 is 0. The third kappa shape index (κ3) is 4.56. The molecule has 1 aliphatic rings. The maximum atomic E-state index is 13.4. The maximum Gasteiger partial charge on any atom is 0.295 e. The molecule has 0 aliphatic carbocycles. The van der Waals surface area contributed by atoms with Gasteiger partial charge in [0, 0.05) is 24.5 Å². The van der Waals surface area contributed by atoms with Crippen LogP contribution in [0.1, 0.15) is 53.6 Å². The molecule has 4 rings (SSSR count). The van der Waals surface area contributed by atoms with Crippen molar-refractivity contribution in [2.75, 3.05) is 14.2 Å². The molecule has 0 saturated carbocycles. The molecule has 0 radical (unpaired) electrons. The van der Waals surface area contributed by atoms with Crippen LogP contribution in [0.2, 0.25) is 0 Å². The van der Waals surface area contributed by atoms with Gasteiger partial charge in [0.15, 0.2) is 0 Å². The fraction of sp³-hybridized carbons (Fsp3) is 0.276. The molecule has 2 heterocycles. The predicted molar refractivity (Wildman–Crippen MR) is 137 cm³/mol. The first kappa shape index (κ1) is 25.0. The van der Waals surface area contributed by atoms with Crippen molar-refractivity contribution in [2.24, 2.45) is 0 Å². The highest BCUT2D eigenvalue weighted by atomic mass is 16.5. The Morgan fingerprint density at radius 1 is 1.08 bits per heavy atom. The molecule has 1 N–H and O–H groups in total. The first-order chi connectivity index (χ1) is 17.3. The highest BCUT2D eigenvalue weighted by Crippen LogP contribution is 2.42. The SMILES string of the molecule is COc1ccc(C2/C(=C(\O)c3cc(C(C)C)c(OC)cc3C)C(=O)C(=O)N2Cc2cccnc2)cc1. The molecule has 1 fully saturated rings.